The first-order chi connectivity index (χ1) is 9.97. The average Bonchev–Trinajstić information content (AvgIpc) is 2.47. The summed E-state index contributed by atoms with van der Waals surface area (Å²) in [4.78, 5) is 32.0. The van der Waals surface area contributed by atoms with Gasteiger partial charge in [-0.2, -0.15) is 4.57 Å². The molecule has 0 N–H and O–H groups in total. The van der Waals surface area contributed by atoms with Gasteiger partial charge in [-0.25, -0.2) is 0 Å². The molecule has 0 atom stereocenters. The van der Waals surface area contributed by atoms with Gasteiger partial charge in [0.05, 0.1) is 22.0 Å². The van der Waals surface area contributed by atoms with E-state index in [1.54, 1.807) is 0 Å². The summed E-state index contributed by atoms with van der Waals surface area (Å²) in [6, 6.07) is 7.87. The molecule has 0 spiro atoms. The van der Waals surface area contributed by atoms with Gasteiger partial charge in [-0.1, -0.05) is 0 Å². The molecule has 0 aliphatic carbocycles. The highest BCUT2D eigenvalue weighted by molar-refractivity contribution is 5.95. The molecule has 1 heterocycles. The van der Waals surface area contributed by atoms with Crippen LogP contribution < -0.4 is 4.57 Å². The lowest BCUT2D eigenvalue weighted by atomic mass is 10.1. The molecule has 0 saturated heterocycles. The molecule has 0 radical (unpaired) electrons. The molecule has 0 fully saturated rings. The lowest BCUT2D eigenvalue weighted by molar-refractivity contribution is -0.683. The summed E-state index contributed by atoms with van der Waals surface area (Å²) in [5.41, 5.74) is 0.190. The molecule has 0 aliphatic heterocycles. The Balaban J connectivity index is 2.10. The second-order valence-electron chi connectivity index (χ2n) is 4.21. The van der Waals surface area contributed by atoms with Gasteiger partial charge in [0.15, 0.2) is 12.4 Å². The normalized spacial score (nSPS) is 10.1. The van der Waals surface area contributed by atoms with Crippen molar-refractivity contribution < 1.29 is 19.2 Å². The second-order valence-corrected chi connectivity index (χ2v) is 4.21. The van der Waals surface area contributed by atoms with Crippen LogP contribution in [-0.4, -0.2) is 15.6 Å². The van der Waals surface area contributed by atoms with E-state index < -0.39 is 9.85 Å². The van der Waals surface area contributed by atoms with E-state index in [4.69, 9.17) is 0 Å². The maximum atomic E-state index is 12.0. The Morgan fingerprint density at radius 2 is 1.38 bits per heavy atom. The van der Waals surface area contributed by atoms with Gasteiger partial charge in [-0.15, -0.1) is 0 Å². The minimum Gasteiger partial charge on any atom is -0.287 e. The summed E-state index contributed by atoms with van der Waals surface area (Å²) in [5.74, 6) is -0.247. The highest BCUT2D eigenvalue weighted by Gasteiger charge is 2.15. The van der Waals surface area contributed by atoms with E-state index in [2.05, 4.69) is 0 Å². The van der Waals surface area contributed by atoms with Crippen LogP contribution in [0.15, 0.2) is 48.8 Å². The Hall–Kier alpha value is -3.16. The quantitative estimate of drug-likeness (QED) is 0.360. The van der Waals surface area contributed by atoms with Crippen molar-refractivity contribution in [1.29, 1.82) is 0 Å². The number of benzene rings is 1. The van der Waals surface area contributed by atoms with Crippen molar-refractivity contribution in [2.75, 3.05) is 0 Å². The van der Waals surface area contributed by atoms with Gasteiger partial charge in [0.2, 0.25) is 12.3 Å². The summed E-state index contributed by atoms with van der Waals surface area (Å²) in [5, 5.41) is 21.0. The van der Waals surface area contributed by atoms with Gasteiger partial charge in [0, 0.05) is 17.7 Å². The van der Waals surface area contributed by atoms with E-state index >= 15 is 0 Å². The Morgan fingerprint density at radius 1 is 0.905 bits per heavy atom. The van der Waals surface area contributed by atoms with Crippen molar-refractivity contribution in [2.24, 2.45) is 0 Å². The van der Waals surface area contributed by atoms with E-state index in [1.165, 1.54) is 53.4 Å². The number of non-ortho nitro benzene ring substituents is 1. The molecule has 0 amide bonds. The fraction of sp³-hybridized carbons (Fsp3) is 0.0769. The molecule has 8 heteroatoms. The molecule has 21 heavy (non-hydrogen) atoms. The Kier molecular flexibility index (Phi) is 3.98. The third kappa shape index (κ3) is 3.44. The van der Waals surface area contributed by atoms with Crippen LogP contribution in [0.1, 0.15) is 10.4 Å². The lowest BCUT2D eigenvalue weighted by Gasteiger charge is -1.98. The maximum absolute atomic E-state index is 12.0. The van der Waals surface area contributed by atoms with Gasteiger partial charge in [-0.3, -0.25) is 25.0 Å². The molecule has 2 rings (SSSR count). The molecular formula is C13H10N3O5+. The third-order valence-electron chi connectivity index (χ3n) is 2.81. The van der Waals surface area contributed by atoms with Crippen molar-refractivity contribution in [3.05, 3.63) is 74.6 Å². The molecule has 8 nitrogen and oxygen atoms in total. The molecule has 2 aromatic rings. The standard InChI is InChI=1S/C13H10N3O5/c17-13(10-1-3-11(4-2-10)15(18)19)9-14-7-5-12(6-8-14)16(20)21/h1-8H,9H2/q+1. The fourth-order valence-corrected chi connectivity index (χ4v) is 1.70. The van der Waals surface area contributed by atoms with Crippen molar-refractivity contribution in [1.82, 2.24) is 0 Å². The van der Waals surface area contributed by atoms with Crippen LogP contribution in [0, 0.1) is 20.2 Å². The average molecular weight is 288 g/mol. The highest BCUT2D eigenvalue weighted by atomic mass is 16.6. The minimum absolute atomic E-state index is 0.00416. The molecule has 0 aliphatic rings. The van der Waals surface area contributed by atoms with Crippen molar-refractivity contribution >= 4 is 17.2 Å². The van der Waals surface area contributed by atoms with E-state index in [9.17, 15) is 25.0 Å². The monoisotopic (exact) mass is 288 g/mol. The third-order valence-corrected chi connectivity index (χ3v) is 2.81. The molecule has 0 bridgehead atoms. The van der Waals surface area contributed by atoms with Crippen LogP contribution in [-0.2, 0) is 6.54 Å². The van der Waals surface area contributed by atoms with Gasteiger partial charge in [-0.05, 0) is 12.1 Å². The van der Waals surface area contributed by atoms with Gasteiger partial charge < -0.3 is 0 Å². The number of nitro benzene ring substituents is 1. The summed E-state index contributed by atoms with van der Waals surface area (Å²) < 4.78 is 1.50. The van der Waals surface area contributed by atoms with Crippen LogP contribution in [0.5, 0.6) is 0 Å². The zero-order valence-electron chi connectivity index (χ0n) is 10.7. The minimum atomic E-state index is -0.542. The first-order valence-electron chi connectivity index (χ1n) is 5.88. The fourth-order valence-electron chi connectivity index (χ4n) is 1.70. The summed E-state index contributed by atoms with van der Waals surface area (Å²) in [6.07, 6.45) is 2.86. The number of Topliss-reactive ketones (excluding diaryl/α,β-unsaturated/α-hetero) is 1. The van der Waals surface area contributed by atoms with E-state index in [0.29, 0.717) is 5.56 Å². The number of hydrogen-bond acceptors (Lipinski definition) is 5. The number of carbonyl (C=O) groups excluding carboxylic acids is 1. The second kappa shape index (κ2) is 5.87. The Morgan fingerprint density at radius 3 is 1.86 bits per heavy atom. The number of aromatic nitrogens is 1. The number of carbonyl (C=O) groups is 1. The topological polar surface area (TPSA) is 107 Å². The molecule has 106 valence electrons. The summed E-state index contributed by atoms with van der Waals surface area (Å²) >= 11 is 0. The smallest absolute Gasteiger partial charge is 0.281 e. The van der Waals surface area contributed by atoms with Gasteiger partial charge >= 0.3 is 0 Å². The molecule has 1 aromatic carbocycles. The zero-order valence-corrected chi connectivity index (χ0v) is 10.7. The number of nitrogens with zero attached hydrogens (tertiary/aromatic N) is 3. The van der Waals surface area contributed by atoms with Gasteiger partial charge in [0.25, 0.3) is 11.4 Å². The van der Waals surface area contributed by atoms with Crippen LogP contribution in [0.2, 0.25) is 0 Å². The number of nitro groups is 2. The largest absolute Gasteiger partial charge is 0.287 e. The zero-order chi connectivity index (χ0) is 15.4. The molecule has 1 aromatic heterocycles. The summed E-state index contributed by atoms with van der Waals surface area (Å²) in [7, 11) is 0. The Labute approximate surface area is 118 Å². The van der Waals surface area contributed by atoms with Crippen LogP contribution >= 0.6 is 0 Å². The van der Waals surface area contributed by atoms with Crippen LogP contribution in [0.25, 0.3) is 0 Å². The highest BCUT2D eigenvalue weighted by Crippen LogP contribution is 2.12. The summed E-state index contributed by atoms with van der Waals surface area (Å²) in [6.45, 7) is -0.00416. The van der Waals surface area contributed by atoms with E-state index in [-0.39, 0.29) is 23.7 Å². The first kappa shape index (κ1) is 14.3. The SMILES string of the molecule is O=C(C[n+]1ccc([N+](=O)[O-])cc1)c1ccc([N+](=O)[O-])cc1. The lowest BCUT2D eigenvalue weighted by Crippen LogP contribution is -2.37. The predicted octanol–water partition coefficient (Wildman–Crippen LogP) is 1.67. The molecule has 0 saturated carbocycles. The van der Waals surface area contributed by atoms with E-state index in [0.717, 1.165) is 0 Å². The molecular weight excluding hydrogens is 278 g/mol. The van der Waals surface area contributed by atoms with Crippen LogP contribution in [0.4, 0.5) is 11.4 Å². The number of ketones is 1. The predicted molar refractivity (Wildman–Crippen MR) is 70.7 cm³/mol. The number of hydrogen-bond donors (Lipinski definition) is 0. The number of rotatable bonds is 5. The van der Waals surface area contributed by atoms with Crippen molar-refractivity contribution in [3.8, 4) is 0 Å². The molecule has 0 unspecified atom stereocenters. The van der Waals surface area contributed by atoms with Crippen molar-refractivity contribution in [2.45, 2.75) is 6.54 Å². The Bertz CT molecular complexity index is 695. The van der Waals surface area contributed by atoms with Crippen LogP contribution in [0.3, 0.4) is 0 Å². The van der Waals surface area contributed by atoms with Gasteiger partial charge in [0.1, 0.15) is 0 Å². The van der Waals surface area contributed by atoms with Crippen molar-refractivity contribution in [3.63, 3.8) is 0 Å². The first-order valence-corrected chi connectivity index (χ1v) is 5.88. The number of pyridine rings is 1. The van der Waals surface area contributed by atoms with E-state index in [1.807, 2.05) is 0 Å². The maximum Gasteiger partial charge on any atom is 0.281 e.